The van der Waals surface area contributed by atoms with Crippen molar-refractivity contribution in [3.8, 4) is 0 Å². The summed E-state index contributed by atoms with van der Waals surface area (Å²) in [5, 5.41) is 7.93. The van der Waals surface area contributed by atoms with Crippen LogP contribution in [0.15, 0.2) is 4.99 Å². The first kappa shape index (κ1) is 24.6. The molecule has 146 valence electrons. The van der Waals surface area contributed by atoms with Crippen LogP contribution in [0.2, 0.25) is 0 Å². The fourth-order valence-corrected chi connectivity index (χ4v) is 3.76. The molecule has 5 nitrogen and oxygen atoms in total. The molecular formula is C18H36IN5S. The summed E-state index contributed by atoms with van der Waals surface area (Å²) in [4.78, 5) is 12.9. The Kier molecular flexibility index (Phi) is 12.7. The molecule has 0 aromatic carbocycles. The largest absolute Gasteiger partial charge is 0.357 e. The van der Waals surface area contributed by atoms with Crippen LogP contribution in [0.25, 0.3) is 0 Å². The van der Waals surface area contributed by atoms with Crippen LogP contribution < -0.4 is 10.6 Å². The maximum Gasteiger partial charge on any atom is 0.191 e. The van der Waals surface area contributed by atoms with E-state index in [1.807, 2.05) is 0 Å². The lowest BCUT2D eigenvalue weighted by Gasteiger charge is -2.32. The van der Waals surface area contributed by atoms with Crippen molar-refractivity contribution < 1.29 is 0 Å². The second-order valence-electron chi connectivity index (χ2n) is 6.43. The summed E-state index contributed by atoms with van der Waals surface area (Å²) < 4.78 is 0. The first-order chi connectivity index (χ1) is 11.4. The number of aliphatic imine (C=N–C) groups is 1. The SMILES string of the molecule is CCNC(=NCc1nc(C)c(C)s1)NCC(C(CC)CC)N(C)C.I. The third-order valence-corrected chi connectivity index (χ3v) is 5.58. The average Bonchev–Trinajstić information content (AvgIpc) is 2.86. The summed E-state index contributed by atoms with van der Waals surface area (Å²) in [6.45, 7) is 13.2. The van der Waals surface area contributed by atoms with E-state index in [-0.39, 0.29) is 24.0 Å². The molecule has 0 aliphatic heterocycles. The summed E-state index contributed by atoms with van der Waals surface area (Å²) in [7, 11) is 4.33. The van der Waals surface area contributed by atoms with Crippen molar-refractivity contribution >= 4 is 41.3 Å². The van der Waals surface area contributed by atoms with Gasteiger partial charge in [-0.1, -0.05) is 26.7 Å². The Morgan fingerprint density at radius 1 is 1.16 bits per heavy atom. The van der Waals surface area contributed by atoms with Gasteiger partial charge in [-0.15, -0.1) is 35.3 Å². The molecule has 0 saturated heterocycles. The molecule has 7 heteroatoms. The maximum atomic E-state index is 4.70. The molecule has 0 bridgehead atoms. The molecule has 1 atom stereocenters. The van der Waals surface area contributed by atoms with E-state index in [4.69, 9.17) is 4.99 Å². The fourth-order valence-electron chi connectivity index (χ4n) is 2.90. The van der Waals surface area contributed by atoms with Crippen molar-refractivity contribution in [3.05, 3.63) is 15.6 Å². The predicted molar refractivity (Wildman–Crippen MR) is 121 cm³/mol. The van der Waals surface area contributed by atoms with Crippen LogP contribution in [0.3, 0.4) is 0 Å². The number of aryl methyl sites for hydroxylation is 2. The van der Waals surface area contributed by atoms with E-state index >= 15 is 0 Å². The Balaban J connectivity index is 0.00000576. The first-order valence-electron chi connectivity index (χ1n) is 9.04. The molecule has 1 aromatic heterocycles. The van der Waals surface area contributed by atoms with Gasteiger partial charge in [-0.25, -0.2) is 9.98 Å². The topological polar surface area (TPSA) is 52.6 Å². The maximum absolute atomic E-state index is 4.70. The number of likely N-dealkylation sites (N-methyl/N-ethyl adjacent to an activating group) is 1. The number of nitrogens with one attached hydrogen (secondary N) is 2. The Hall–Kier alpha value is -0.410. The minimum Gasteiger partial charge on any atom is -0.357 e. The van der Waals surface area contributed by atoms with Gasteiger partial charge in [0.05, 0.1) is 12.2 Å². The van der Waals surface area contributed by atoms with E-state index < -0.39 is 0 Å². The van der Waals surface area contributed by atoms with Crippen LogP contribution in [0.5, 0.6) is 0 Å². The summed E-state index contributed by atoms with van der Waals surface area (Å²) in [6.07, 6.45) is 2.40. The highest BCUT2D eigenvalue weighted by Gasteiger charge is 2.20. The van der Waals surface area contributed by atoms with Crippen molar-refractivity contribution in [2.75, 3.05) is 27.2 Å². The van der Waals surface area contributed by atoms with E-state index in [0.29, 0.717) is 18.5 Å². The third kappa shape index (κ3) is 8.21. The molecular weight excluding hydrogens is 445 g/mol. The van der Waals surface area contributed by atoms with Gasteiger partial charge in [-0.3, -0.25) is 0 Å². The molecule has 0 saturated carbocycles. The Bertz CT molecular complexity index is 492. The normalized spacial score (nSPS) is 13.1. The highest BCUT2D eigenvalue weighted by atomic mass is 127. The summed E-state index contributed by atoms with van der Waals surface area (Å²) in [5.41, 5.74) is 1.12. The Morgan fingerprint density at radius 3 is 2.24 bits per heavy atom. The molecule has 0 fully saturated rings. The molecule has 1 aromatic rings. The van der Waals surface area contributed by atoms with Gasteiger partial charge in [0.15, 0.2) is 5.96 Å². The van der Waals surface area contributed by atoms with E-state index in [0.717, 1.165) is 29.8 Å². The zero-order valence-corrected chi connectivity index (χ0v) is 20.0. The quantitative estimate of drug-likeness (QED) is 0.320. The lowest BCUT2D eigenvalue weighted by molar-refractivity contribution is 0.200. The van der Waals surface area contributed by atoms with Gasteiger partial charge in [0.2, 0.25) is 0 Å². The molecule has 1 unspecified atom stereocenters. The van der Waals surface area contributed by atoms with Gasteiger partial charge in [-0.2, -0.15) is 0 Å². The second-order valence-corrected chi connectivity index (χ2v) is 7.72. The smallest absolute Gasteiger partial charge is 0.191 e. The summed E-state index contributed by atoms with van der Waals surface area (Å²) >= 11 is 1.73. The van der Waals surface area contributed by atoms with Crippen molar-refractivity contribution in [2.24, 2.45) is 10.9 Å². The minimum absolute atomic E-state index is 0. The lowest BCUT2D eigenvalue weighted by Crippen LogP contribution is -2.48. The van der Waals surface area contributed by atoms with E-state index in [1.165, 1.54) is 17.7 Å². The number of hydrogen-bond donors (Lipinski definition) is 2. The van der Waals surface area contributed by atoms with Crippen molar-refractivity contribution in [1.82, 2.24) is 20.5 Å². The number of aromatic nitrogens is 1. The summed E-state index contributed by atoms with van der Waals surface area (Å²) in [5.74, 6) is 1.57. The minimum atomic E-state index is 0. The molecule has 0 aliphatic carbocycles. The molecule has 0 radical (unpaired) electrons. The standard InChI is InChI=1S/C18H35N5S.HI/c1-8-15(9-2)16(23(6)7)11-20-18(19-10-3)21-12-17-22-13(4)14(5)24-17;/h15-16H,8-12H2,1-7H3,(H2,19,20,21);1H. The number of thiazole rings is 1. The first-order valence-corrected chi connectivity index (χ1v) is 9.85. The number of halogens is 1. The molecule has 0 spiro atoms. The van der Waals surface area contributed by atoms with Gasteiger partial charge in [0.25, 0.3) is 0 Å². The third-order valence-electron chi connectivity index (χ3n) is 4.52. The second kappa shape index (κ2) is 12.9. The zero-order chi connectivity index (χ0) is 18.1. The molecule has 1 rings (SSSR count). The van der Waals surface area contributed by atoms with Gasteiger partial charge in [-0.05, 0) is 40.8 Å². The highest BCUT2D eigenvalue weighted by molar-refractivity contribution is 14.0. The van der Waals surface area contributed by atoms with Crippen molar-refractivity contribution in [2.45, 2.75) is 60.0 Å². The van der Waals surface area contributed by atoms with Gasteiger partial charge < -0.3 is 15.5 Å². The van der Waals surface area contributed by atoms with Crippen LogP contribution in [0.1, 0.15) is 49.2 Å². The predicted octanol–water partition coefficient (Wildman–Crippen LogP) is 3.80. The lowest BCUT2D eigenvalue weighted by atomic mass is 9.93. The van der Waals surface area contributed by atoms with Gasteiger partial charge >= 0.3 is 0 Å². The van der Waals surface area contributed by atoms with Gasteiger partial charge in [0, 0.05) is 24.0 Å². The van der Waals surface area contributed by atoms with E-state index in [2.05, 4.69) is 69.2 Å². The van der Waals surface area contributed by atoms with Crippen LogP contribution >= 0.6 is 35.3 Å². The summed E-state index contributed by atoms with van der Waals surface area (Å²) in [6, 6.07) is 0.508. The van der Waals surface area contributed by atoms with E-state index in [9.17, 15) is 0 Å². The number of rotatable bonds is 9. The monoisotopic (exact) mass is 481 g/mol. The molecule has 25 heavy (non-hydrogen) atoms. The van der Waals surface area contributed by atoms with Crippen molar-refractivity contribution in [3.63, 3.8) is 0 Å². The molecule has 1 heterocycles. The number of guanidine groups is 1. The van der Waals surface area contributed by atoms with Crippen LogP contribution in [-0.2, 0) is 6.54 Å². The van der Waals surface area contributed by atoms with E-state index in [1.54, 1.807) is 11.3 Å². The number of nitrogens with zero attached hydrogens (tertiary/aromatic N) is 3. The van der Waals surface area contributed by atoms with Crippen molar-refractivity contribution in [1.29, 1.82) is 0 Å². The van der Waals surface area contributed by atoms with Crippen LogP contribution in [-0.4, -0.2) is 49.1 Å². The Labute approximate surface area is 175 Å². The Morgan fingerprint density at radius 2 is 1.80 bits per heavy atom. The average molecular weight is 481 g/mol. The fraction of sp³-hybridized carbons (Fsp3) is 0.778. The van der Waals surface area contributed by atoms with Crippen LogP contribution in [0, 0.1) is 19.8 Å². The molecule has 0 aliphatic rings. The number of hydrogen-bond acceptors (Lipinski definition) is 4. The molecule has 0 amide bonds. The van der Waals surface area contributed by atoms with Gasteiger partial charge in [0.1, 0.15) is 5.01 Å². The van der Waals surface area contributed by atoms with Crippen LogP contribution in [0.4, 0.5) is 0 Å². The molecule has 2 N–H and O–H groups in total. The zero-order valence-electron chi connectivity index (χ0n) is 16.8. The highest BCUT2D eigenvalue weighted by Crippen LogP contribution is 2.17.